The van der Waals surface area contributed by atoms with Crippen LogP contribution >= 0.6 is 0 Å². The molecule has 0 aliphatic heterocycles. The van der Waals surface area contributed by atoms with Crippen molar-refractivity contribution < 1.29 is 23.4 Å². The van der Waals surface area contributed by atoms with Crippen LogP contribution < -0.4 is 19.6 Å². The number of hydrogen-bond donors (Lipinski definition) is 1. The Hall–Kier alpha value is -3.48. The highest BCUT2D eigenvalue weighted by Gasteiger charge is 2.12. The van der Waals surface area contributed by atoms with Crippen molar-refractivity contribution in [3.63, 3.8) is 0 Å². The van der Waals surface area contributed by atoms with Crippen LogP contribution in [0.15, 0.2) is 52.0 Å². The quantitative estimate of drug-likeness (QED) is 0.543. The fourth-order valence-corrected chi connectivity index (χ4v) is 2.46. The molecule has 0 radical (unpaired) electrons. The van der Waals surface area contributed by atoms with Gasteiger partial charge in [0.25, 0.3) is 0 Å². The van der Waals surface area contributed by atoms with Gasteiger partial charge in [-0.2, -0.15) is 5.10 Å². The Morgan fingerprint density at radius 2 is 1.69 bits per heavy atom. The molecule has 0 atom stereocenters. The van der Waals surface area contributed by atoms with Gasteiger partial charge < -0.3 is 18.6 Å². The molecule has 0 bridgehead atoms. The van der Waals surface area contributed by atoms with E-state index in [9.17, 15) is 4.79 Å². The molecule has 134 valence electrons. The third-order valence-corrected chi connectivity index (χ3v) is 3.75. The highest BCUT2D eigenvalue weighted by atomic mass is 16.5. The Bertz CT molecular complexity index is 929. The van der Waals surface area contributed by atoms with Crippen LogP contribution in [0.5, 0.6) is 17.2 Å². The van der Waals surface area contributed by atoms with Crippen LogP contribution in [-0.4, -0.2) is 33.5 Å². The zero-order chi connectivity index (χ0) is 18.5. The summed E-state index contributed by atoms with van der Waals surface area (Å²) in [6.07, 6.45) is 1.46. The van der Waals surface area contributed by atoms with Gasteiger partial charge in [0, 0.05) is 17.0 Å². The molecule has 1 aromatic heterocycles. The summed E-state index contributed by atoms with van der Waals surface area (Å²) in [6.45, 7) is 0. The van der Waals surface area contributed by atoms with E-state index in [4.69, 9.17) is 18.6 Å². The molecule has 0 spiro atoms. The number of amides is 1. The molecule has 3 rings (SSSR count). The van der Waals surface area contributed by atoms with Crippen molar-refractivity contribution in [1.82, 2.24) is 5.43 Å². The average Bonchev–Trinajstić information content (AvgIpc) is 3.11. The number of furan rings is 1. The van der Waals surface area contributed by atoms with Crippen LogP contribution in [0.3, 0.4) is 0 Å². The smallest absolute Gasteiger partial charge is 0.307 e. The molecule has 7 nitrogen and oxygen atoms in total. The molecule has 1 heterocycles. The van der Waals surface area contributed by atoms with Crippen LogP contribution in [0.2, 0.25) is 0 Å². The van der Waals surface area contributed by atoms with Gasteiger partial charge in [-0.25, -0.2) is 5.43 Å². The molecular weight excluding hydrogens is 336 g/mol. The maximum Gasteiger partial charge on any atom is 0.307 e. The first-order valence-electron chi connectivity index (χ1n) is 7.78. The molecule has 26 heavy (non-hydrogen) atoms. The average molecular weight is 354 g/mol. The molecular formula is C19H18N2O5. The number of carbonyl (C=O) groups is 1. The molecule has 0 aliphatic rings. The van der Waals surface area contributed by atoms with Crippen molar-refractivity contribution in [3.05, 3.63) is 53.8 Å². The van der Waals surface area contributed by atoms with Crippen molar-refractivity contribution in [2.45, 2.75) is 0 Å². The zero-order valence-electron chi connectivity index (χ0n) is 14.6. The Morgan fingerprint density at radius 3 is 2.38 bits per heavy atom. The van der Waals surface area contributed by atoms with Gasteiger partial charge in [0.15, 0.2) is 17.3 Å². The Balaban J connectivity index is 1.78. The molecule has 1 amide bonds. The van der Waals surface area contributed by atoms with Crippen molar-refractivity contribution in [2.75, 3.05) is 21.3 Å². The summed E-state index contributed by atoms with van der Waals surface area (Å²) in [4.78, 5) is 12.2. The minimum atomic E-state index is -0.447. The van der Waals surface area contributed by atoms with E-state index in [1.807, 2.05) is 18.2 Å². The highest BCUT2D eigenvalue weighted by Crippen LogP contribution is 2.33. The molecule has 0 fully saturated rings. The highest BCUT2D eigenvalue weighted by molar-refractivity contribution is 5.96. The standard InChI is InChI=1S/C19H18N2O5/c1-23-15-10-17(25-3)16(24-2)9-13(15)11-20-21-19(22)18-8-12-6-4-5-7-14(12)26-18/h4-11H,1-3H3,(H,21,22). The lowest BCUT2D eigenvalue weighted by Crippen LogP contribution is -2.16. The molecule has 2 aromatic carbocycles. The monoisotopic (exact) mass is 354 g/mol. The summed E-state index contributed by atoms with van der Waals surface area (Å²) >= 11 is 0. The van der Waals surface area contributed by atoms with Crippen LogP contribution in [0.25, 0.3) is 11.0 Å². The number of carbonyl (C=O) groups excluding carboxylic acids is 1. The number of rotatable bonds is 6. The van der Waals surface area contributed by atoms with E-state index in [2.05, 4.69) is 10.5 Å². The topological polar surface area (TPSA) is 82.3 Å². The maximum absolute atomic E-state index is 12.2. The summed E-state index contributed by atoms with van der Waals surface area (Å²) < 4.78 is 21.3. The number of hydrazone groups is 1. The van der Waals surface area contributed by atoms with Gasteiger partial charge in [0.05, 0.1) is 27.5 Å². The summed E-state index contributed by atoms with van der Waals surface area (Å²) in [5.41, 5.74) is 3.70. The maximum atomic E-state index is 12.2. The van der Waals surface area contributed by atoms with Gasteiger partial charge in [-0.1, -0.05) is 18.2 Å². The van der Waals surface area contributed by atoms with Gasteiger partial charge in [-0.3, -0.25) is 4.79 Å². The number of fused-ring (bicyclic) bond motifs is 1. The second-order valence-electron chi connectivity index (χ2n) is 5.30. The SMILES string of the molecule is COc1cc(OC)c(OC)cc1C=NNC(=O)c1cc2ccccc2o1. The molecule has 7 heteroatoms. The van der Waals surface area contributed by atoms with Crippen molar-refractivity contribution in [3.8, 4) is 17.2 Å². The van der Waals surface area contributed by atoms with Gasteiger partial charge in [-0.05, 0) is 18.2 Å². The lowest BCUT2D eigenvalue weighted by molar-refractivity contribution is 0.0929. The van der Waals surface area contributed by atoms with E-state index >= 15 is 0 Å². The van der Waals surface area contributed by atoms with Crippen LogP contribution in [0.1, 0.15) is 16.1 Å². The summed E-state index contributed by atoms with van der Waals surface area (Å²) in [6, 6.07) is 12.4. The third kappa shape index (κ3) is 3.46. The lowest BCUT2D eigenvalue weighted by Gasteiger charge is -2.11. The van der Waals surface area contributed by atoms with E-state index < -0.39 is 5.91 Å². The first kappa shape index (κ1) is 17.3. The number of ether oxygens (including phenoxy) is 3. The number of hydrogen-bond acceptors (Lipinski definition) is 6. The van der Waals surface area contributed by atoms with Crippen molar-refractivity contribution in [1.29, 1.82) is 0 Å². The predicted octanol–water partition coefficient (Wildman–Crippen LogP) is 3.22. The number of methoxy groups -OCH3 is 3. The van der Waals surface area contributed by atoms with E-state index in [1.54, 1.807) is 31.4 Å². The normalized spacial score (nSPS) is 10.9. The molecule has 0 saturated carbocycles. The molecule has 0 saturated heterocycles. The van der Waals surface area contributed by atoms with E-state index in [0.717, 1.165) is 5.39 Å². The van der Waals surface area contributed by atoms with Gasteiger partial charge in [0.2, 0.25) is 0 Å². The second-order valence-corrected chi connectivity index (χ2v) is 5.30. The van der Waals surface area contributed by atoms with Crippen molar-refractivity contribution >= 4 is 23.1 Å². The molecule has 1 N–H and O–H groups in total. The molecule has 0 aliphatic carbocycles. The number of nitrogens with one attached hydrogen (secondary N) is 1. The Kier molecular flexibility index (Phi) is 5.07. The molecule has 0 unspecified atom stereocenters. The molecule has 3 aromatic rings. The lowest BCUT2D eigenvalue weighted by atomic mass is 10.2. The van der Waals surface area contributed by atoms with E-state index in [-0.39, 0.29) is 5.76 Å². The second kappa shape index (κ2) is 7.60. The summed E-state index contributed by atoms with van der Waals surface area (Å²) in [7, 11) is 4.61. The number of para-hydroxylation sites is 1. The first-order valence-corrected chi connectivity index (χ1v) is 7.78. The summed E-state index contributed by atoms with van der Waals surface area (Å²) in [5.74, 6) is 1.33. The Labute approximate surface area is 150 Å². The van der Waals surface area contributed by atoms with E-state index in [0.29, 0.717) is 28.4 Å². The minimum absolute atomic E-state index is 0.183. The minimum Gasteiger partial charge on any atom is -0.496 e. The predicted molar refractivity (Wildman–Crippen MR) is 97.4 cm³/mol. The van der Waals surface area contributed by atoms with E-state index in [1.165, 1.54) is 20.4 Å². The van der Waals surface area contributed by atoms with Crippen LogP contribution in [-0.2, 0) is 0 Å². The number of benzene rings is 2. The number of nitrogens with zero attached hydrogens (tertiary/aromatic N) is 1. The van der Waals surface area contributed by atoms with Gasteiger partial charge in [0.1, 0.15) is 11.3 Å². The largest absolute Gasteiger partial charge is 0.496 e. The fraction of sp³-hybridized carbons (Fsp3) is 0.158. The van der Waals surface area contributed by atoms with Crippen LogP contribution in [0.4, 0.5) is 0 Å². The van der Waals surface area contributed by atoms with Gasteiger partial charge >= 0.3 is 5.91 Å². The van der Waals surface area contributed by atoms with Crippen LogP contribution in [0, 0.1) is 0 Å². The van der Waals surface area contributed by atoms with Crippen molar-refractivity contribution in [2.24, 2.45) is 5.10 Å². The Morgan fingerprint density at radius 1 is 1.00 bits per heavy atom. The summed E-state index contributed by atoms with van der Waals surface area (Å²) in [5, 5.41) is 4.82. The fourth-order valence-electron chi connectivity index (χ4n) is 2.46. The van der Waals surface area contributed by atoms with Gasteiger partial charge in [-0.15, -0.1) is 0 Å². The zero-order valence-corrected chi connectivity index (χ0v) is 14.6. The first-order chi connectivity index (χ1) is 12.7. The third-order valence-electron chi connectivity index (χ3n) is 3.75.